The summed E-state index contributed by atoms with van der Waals surface area (Å²) in [5.74, 6) is 2.64. The highest BCUT2D eigenvalue weighted by Crippen LogP contribution is 2.33. The van der Waals surface area contributed by atoms with Crippen LogP contribution in [0.3, 0.4) is 0 Å². The third-order valence-electron chi connectivity index (χ3n) is 4.47. The molecule has 0 bridgehead atoms. The summed E-state index contributed by atoms with van der Waals surface area (Å²) >= 11 is 0. The van der Waals surface area contributed by atoms with Gasteiger partial charge in [0.1, 0.15) is 17.3 Å². The van der Waals surface area contributed by atoms with E-state index in [2.05, 4.69) is 16.0 Å². The molecule has 2 aromatic heterocycles. The highest BCUT2D eigenvalue weighted by Gasteiger charge is 2.23. The topological polar surface area (TPSA) is 64.5 Å². The Morgan fingerprint density at radius 2 is 1.86 bits per heavy atom. The molecule has 5 heteroatoms. The summed E-state index contributed by atoms with van der Waals surface area (Å²) in [5, 5.41) is 9.58. The largest absolute Gasteiger partial charge is 0.456 e. The maximum Gasteiger partial charge on any atom is 0.165 e. The van der Waals surface area contributed by atoms with Crippen LogP contribution in [-0.4, -0.2) is 15.1 Å². The van der Waals surface area contributed by atoms with E-state index in [9.17, 15) is 5.11 Å². The van der Waals surface area contributed by atoms with E-state index in [1.54, 1.807) is 18.6 Å². The standard InChI is InChI=1S/C23H20N2O3/c26-16-18-6-1-2-9-21(18)28-22-11-10-17(20-8-3-4-13-25-20)14-23(22)27-19-7-5-12-24-15-19/h1-13,15,17,26H,14,16H2. The maximum absolute atomic E-state index is 9.58. The summed E-state index contributed by atoms with van der Waals surface area (Å²) in [4.78, 5) is 8.58. The number of ether oxygens (including phenoxy) is 2. The normalized spacial score (nSPS) is 16.1. The molecule has 1 aliphatic carbocycles. The zero-order valence-electron chi connectivity index (χ0n) is 15.2. The fourth-order valence-electron chi connectivity index (χ4n) is 3.05. The Labute approximate surface area is 163 Å². The first kappa shape index (κ1) is 17.9. The van der Waals surface area contributed by atoms with Crippen molar-refractivity contribution in [2.75, 3.05) is 0 Å². The predicted molar refractivity (Wildman–Crippen MR) is 106 cm³/mol. The van der Waals surface area contributed by atoms with Gasteiger partial charge in [0.15, 0.2) is 5.76 Å². The molecule has 0 aliphatic heterocycles. The second-order valence-corrected chi connectivity index (χ2v) is 6.37. The van der Waals surface area contributed by atoms with Crippen LogP contribution in [0.1, 0.15) is 23.6 Å². The second kappa shape index (κ2) is 8.50. The molecule has 1 aromatic carbocycles. The van der Waals surface area contributed by atoms with Crippen LogP contribution < -0.4 is 9.47 Å². The van der Waals surface area contributed by atoms with Gasteiger partial charge in [0.2, 0.25) is 0 Å². The van der Waals surface area contributed by atoms with Crippen molar-refractivity contribution in [1.29, 1.82) is 0 Å². The molecule has 5 nitrogen and oxygen atoms in total. The van der Waals surface area contributed by atoms with Gasteiger partial charge in [-0.25, -0.2) is 0 Å². The van der Waals surface area contributed by atoms with Gasteiger partial charge in [0.25, 0.3) is 0 Å². The minimum absolute atomic E-state index is 0.0910. The summed E-state index contributed by atoms with van der Waals surface area (Å²) < 4.78 is 12.2. The fraction of sp³-hybridized carbons (Fsp3) is 0.130. The van der Waals surface area contributed by atoms with Gasteiger partial charge in [0.05, 0.1) is 12.8 Å². The zero-order valence-corrected chi connectivity index (χ0v) is 15.2. The SMILES string of the molecule is OCc1ccccc1OC1=C(Oc2cccnc2)CC(c2ccccn2)C=C1. The van der Waals surface area contributed by atoms with Crippen LogP contribution >= 0.6 is 0 Å². The molecular formula is C23H20N2O3. The number of aromatic nitrogens is 2. The van der Waals surface area contributed by atoms with Crippen LogP contribution in [0, 0.1) is 0 Å². The average Bonchev–Trinajstić information content (AvgIpc) is 2.76. The van der Waals surface area contributed by atoms with E-state index in [4.69, 9.17) is 9.47 Å². The summed E-state index contributed by atoms with van der Waals surface area (Å²) in [6.45, 7) is -0.0947. The van der Waals surface area contributed by atoms with Crippen LogP contribution in [0.4, 0.5) is 0 Å². The number of hydrogen-bond donors (Lipinski definition) is 1. The molecule has 1 atom stereocenters. The van der Waals surface area contributed by atoms with Crippen LogP contribution in [0.5, 0.6) is 11.5 Å². The minimum Gasteiger partial charge on any atom is -0.456 e. The number of pyridine rings is 2. The van der Waals surface area contributed by atoms with Gasteiger partial charge < -0.3 is 14.6 Å². The lowest BCUT2D eigenvalue weighted by Crippen LogP contribution is -2.13. The van der Waals surface area contributed by atoms with Crippen LogP contribution in [0.15, 0.2) is 96.9 Å². The number of nitrogens with zero attached hydrogens (tertiary/aromatic N) is 2. The lowest BCUT2D eigenvalue weighted by Gasteiger charge is -2.23. The molecule has 1 unspecified atom stereocenters. The van der Waals surface area contributed by atoms with Gasteiger partial charge in [-0.2, -0.15) is 0 Å². The summed E-state index contributed by atoms with van der Waals surface area (Å²) in [5.41, 5.74) is 1.69. The van der Waals surface area contributed by atoms with Gasteiger partial charge >= 0.3 is 0 Å². The van der Waals surface area contributed by atoms with E-state index in [0.717, 1.165) is 11.3 Å². The average molecular weight is 372 g/mol. The van der Waals surface area contributed by atoms with Crippen molar-refractivity contribution in [3.05, 3.63) is 108 Å². The third kappa shape index (κ3) is 4.10. The van der Waals surface area contributed by atoms with E-state index in [1.807, 2.05) is 60.7 Å². The first-order valence-electron chi connectivity index (χ1n) is 9.10. The number of aliphatic hydroxyl groups is 1. The predicted octanol–water partition coefficient (Wildman–Crippen LogP) is 4.38. The molecule has 28 heavy (non-hydrogen) atoms. The van der Waals surface area contributed by atoms with Crippen molar-refractivity contribution in [2.45, 2.75) is 18.9 Å². The van der Waals surface area contributed by atoms with E-state index >= 15 is 0 Å². The number of hydrogen-bond acceptors (Lipinski definition) is 5. The smallest absolute Gasteiger partial charge is 0.165 e. The molecule has 0 saturated carbocycles. The number of aliphatic hydroxyl groups excluding tert-OH is 1. The van der Waals surface area contributed by atoms with Gasteiger partial charge in [-0.05, 0) is 36.4 Å². The molecule has 0 radical (unpaired) electrons. The molecule has 140 valence electrons. The summed E-state index contributed by atoms with van der Waals surface area (Å²) in [7, 11) is 0. The minimum atomic E-state index is -0.0947. The first-order chi connectivity index (χ1) is 13.8. The van der Waals surface area contributed by atoms with Crippen molar-refractivity contribution in [3.63, 3.8) is 0 Å². The highest BCUT2D eigenvalue weighted by atomic mass is 16.5. The molecular weight excluding hydrogens is 352 g/mol. The summed E-state index contributed by atoms with van der Waals surface area (Å²) in [6.07, 6.45) is 9.74. The highest BCUT2D eigenvalue weighted by molar-refractivity contribution is 5.39. The van der Waals surface area contributed by atoms with E-state index in [0.29, 0.717) is 29.4 Å². The summed E-state index contributed by atoms with van der Waals surface area (Å²) in [6, 6.07) is 17.0. The molecule has 1 aliphatic rings. The monoisotopic (exact) mass is 372 g/mol. The third-order valence-corrected chi connectivity index (χ3v) is 4.47. The Balaban J connectivity index is 1.66. The van der Waals surface area contributed by atoms with Crippen molar-refractivity contribution in [3.8, 4) is 11.5 Å². The van der Waals surface area contributed by atoms with E-state index in [-0.39, 0.29) is 12.5 Å². The van der Waals surface area contributed by atoms with Gasteiger partial charge in [0, 0.05) is 36.0 Å². The Morgan fingerprint density at radius 3 is 2.64 bits per heavy atom. The van der Waals surface area contributed by atoms with Crippen LogP contribution in [0.25, 0.3) is 0 Å². The van der Waals surface area contributed by atoms with Gasteiger partial charge in [-0.1, -0.05) is 30.3 Å². The van der Waals surface area contributed by atoms with Crippen molar-refractivity contribution in [1.82, 2.24) is 9.97 Å². The number of rotatable bonds is 6. The number of benzene rings is 1. The molecule has 2 heterocycles. The lowest BCUT2D eigenvalue weighted by molar-refractivity contribution is 0.272. The first-order valence-corrected chi connectivity index (χ1v) is 9.10. The lowest BCUT2D eigenvalue weighted by atomic mass is 9.94. The molecule has 3 aromatic rings. The Kier molecular flexibility index (Phi) is 5.45. The fourth-order valence-corrected chi connectivity index (χ4v) is 3.05. The Bertz CT molecular complexity index is 985. The van der Waals surface area contributed by atoms with E-state index < -0.39 is 0 Å². The van der Waals surface area contributed by atoms with Crippen molar-refractivity contribution < 1.29 is 14.6 Å². The van der Waals surface area contributed by atoms with Crippen LogP contribution in [-0.2, 0) is 6.61 Å². The zero-order chi connectivity index (χ0) is 19.2. The van der Waals surface area contributed by atoms with Crippen molar-refractivity contribution in [2.24, 2.45) is 0 Å². The molecule has 1 N–H and O–H groups in total. The number of allylic oxidation sites excluding steroid dienone is 3. The second-order valence-electron chi connectivity index (χ2n) is 6.37. The van der Waals surface area contributed by atoms with Crippen molar-refractivity contribution >= 4 is 0 Å². The Hall–Kier alpha value is -3.44. The molecule has 4 rings (SSSR count). The molecule has 0 fully saturated rings. The van der Waals surface area contributed by atoms with Gasteiger partial charge in [-0.3, -0.25) is 9.97 Å². The van der Waals surface area contributed by atoms with Gasteiger partial charge in [-0.15, -0.1) is 0 Å². The number of para-hydroxylation sites is 1. The van der Waals surface area contributed by atoms with Crippen LogP contribution in [0.2, 0.25) is 0 Å². The van der Waals surface area contributed by atoms with E-state index in [1.165, 1.54) is 0 Å². The molecule has 0 spiro atoms. The molecule has 0 saturated heterocycles. The quantitative estimate of drug-likeness (QED) is 0.696. The Morgan fingerprint density at radius 1 is 0.964 bits per heavy atom. The molecule has 0 amide bonds. The maximum atomic E-state index is 9.58.